The van der Waals surface area contributed by atoms with Crippen molar-refractivity contribution in [2.45, 2.75) is 20.3 Å². The number of carbonyl (C=O) groups excluding carboxylic acids is 3. The lowest BCUT2D eigenvalue weighted by Crippen LogP contribution is -2.15. The zero-order chi connectivity index (χ0) is 15.3. The van der Waals surface area contributed by atoms with Crippen molar-refractivity contribution in [1.29, 1.82) is 5.41 Å². The first kappa shape index (κ1) is 15.6. The molecule has 0 aliphatic carbocycles. The summed E-state index contributed by atoms with van der Waals surface area (Å²) in [5.74, 6) is -1.26. The molecule has 0 unspecified atom stereocenters. The molecule has 106 valence electrons. The smallest absolute Gasteiger partial charge is 0.337 e. The Morgan fingerprint density at radius 2 is 1.80 bits per heavy atom. The van der Waals surface area contributed by atoms with Crippen molar-refractivity contribution in [2.24, 2.45) is 0 Å². The lowest BCUT2D eigenvalue weighted by Gasteiger charge is -2.09. The Hall–Kier alpha value is -2.50. The summed E-state index contributed by atoms with van der Waals surface area (Å²) < 4.78 is 4.61. The fraction of sp³-hybridized carbons (Fsp3) is 0.286. The van der Waals surface area contributed by atoms with E-state index in [-0.39, 0.29) is 34.9 Å². The number of methoxy groups -OCH3 is 1. The first-order valence-corrected chi connectivity index (χ1v) is 6.02. The van der Waals surface area contributed by atoms with Crippen LogP contribution in [0.4, 0.5) is 5.69 Å². The SMILES string of the molecule is CCC(=O)C(=N)c1cc(NC(C)=O)cc(C(=O)OC)c1. The van der Waals surface area contributed by atoms with Gasteiger partial charge in [-0.2, -0.15) is 0 Å². The maximum Gasteiger partial charge on any atom is 0.337 e. The fourth-order valence-electron chi connectivity index (χ4n) is 1.62. The molecule has 0 heterocycles. The van der Waals surface area contributed by atoms with E-state index in [4.69, 9.17) is 5.41 Å². The van der Waals surface area contributed by atoms with Crippen LogP contribution >= 0.6 is 0 Å². The van der Waals surface area contributed by atoms with Gasteiger partial charge in [-0.1, -0.05) is 6.92 Å². The van der Waals surface area contributed by atoms with Crippen molar-refractivity contribution >= 4 is 29.1 Å². The molecule has 1 aromatic rings. The predicted molar refractivity (Wildman–Crippen MR) is 74.2 cm³/mol. The summed E-state index contributed by atoms with van der Waals surface area (Å²) in [6.45, 7) is 2.97. The van der Waals surface area contributed by atoms with Gasteiger partial charge in [-0.3, -0.25) is 15.0 Å². The van der Waals surface area contributed by atoms with E-state index in [1.165, 1.54) is 32.2 Å². The van der Waals surface area contributed by atoms with E-state index in [0.717, 1.165) is 0 Å². The molecule has 1 rings (SSSR count). The van der Waals surface area contributed by atoms with E-state index < -0.39 is 5.97 Å². The third-order valence-corrected chi connectivity index (χ3v) is 2.56. The molecule has 0 aliphatic rings. The van der Waals surface area contributed by atoms with Crippen LogP contribution in [-0.4, -0.2) is 30.5 Å². The summed E-state index contributed by atoms with van der Waals surface area (Å²) >= 11 is 0. The largest absolute Gasteiger partial charge is 0.465 e. The second-order valence-corrected chi connectivity index (χ2v) is 4.12. The lowest BCUT2D eigenvalue weighted by atomic mass is 10.0. The third kappa shape index (κ3) is 3.74. The van der Waals surface area contributed by atoms with Crippen molar-refractivity contribution < 1.29 is 19.1 Å². The average Bonchev–Trinajstić information content (AvgIpc) is 2.43. The molecule has 0 fully saturated rings. The van der Waals surface area contributed by atoms with Crippen molar-refractivity contribution in [3.63, 3.8) is 0 Å². The van der Waals surface area contributed by atoms with Crippen LogP contribution < -0.4 is 5.32 Å². The Morgan fingerprint density at radius 1 is 1.20 bits per heavy atom. The van der Waals surface area contributed by atoms with Gasteiger partial charge in [0.25, 0.3) is 0 Å². The van der Waals surface area contributed by atoms with Crippen molar-refractivity contribution in [3.8, 4) is 0 Å². The van der Waals surface area contributed by atoms with Gasteiger partial charge in [-0.25, -0.2) is 4.79 Å². The first-order chi connectivity index (χ1) is 9.38. The highest BCUT2D eigenvalue weighted by atomic mass is 16.5. The number of Topliss-reactive ketones (excluding diaryl/α,β-unsaturated/α-hetero) is 1. The van der Waals surface area contributed by atoms with E-state index in [1.54, 1.807) is 6.92 Å². The minimum atomic E-state index is -0.602. The van der Waals surface area contributed by atoms with Gasteiger partial charge in [0.15, 0.2) is 5.78 Å². The minimum absolute atomic E-state index is 0.169. The van der Waals surface area contributed by atoms with E-state index in [0.29, 0.717) is 5.69 Å². The average molecular weight is 276 g/mol. The highest BCUT2D eigenvalue weighted by Crippen LogP contribution is 2.17. The van der Waals surface area contributed by atoms with Crippen LogP contribution in [0.5, 0.6) is 0 Å². The molecule has 0 spiro atoms. The highest BCUT2D eigenvalue weighted by molar-refractivity contribution is 6.45. The fourth-order valence-corrected chi connectivity index (χ4v) is 1.62. The Kier molecular flexibility index (Phi) is 5.14. The van der Waals surface area contributed by atoms with Gasteiger partial charge in [0.1, 0.15) is 5.71 Å². The second-order valence-electron chi connectivity index (χ2n) is 4.12. The number of esters is 1. The number of nitrogens with one attached hydrogen (secondary N) is 2. The molecule has 2 N–H and O–H groups in total. The van der Waals surface area contributed by atoms with Crippen LogP contribution in [0, 0.1) is 5.41 Å². The molecule has 0 radical (unpaired) electrons. The van der Waals surface area contributed by atoms with Gasteiger partial charge in [0.05, 0.1) is 12.7 Å². The molecular formula is C14H16N2O4. The lowest BCUT2D eigenvalue weighted by molar-refractivity contribution is -0.114. The zero-order valence-corrected chi connectivity index (χ0v) is 11.6. The summed E-state index contributed by atoms with van der Waals surface area (Å²) in [4.78, 5) is 34.2. The van der Waals surface area contributed by atoms with Crippen LogP contribution in [0.2, 0.25) is 0 Å². The number of ketones is 1. The molecule has 1 amide bonds. The van der Waals surface area contributed by atoms with Crippen molar-refractivity contribution in [2.75, 3.05) is 12.4 Å². The maximum atomic E-state index is 11.6. The number of anilines is 1. The summed E-state index contributed by atoms with van der Waals surface area (Å²) in [5.41, 5.74) is 0.569. The van der Waals surface area contributed by atoms with Crippen LogP contribution in [0.15, 0.2) is 18.2 Å². The summed E-state index contributed by atoms with van der Waals surface area (Å²) in [6.07, 6.45) is 0.191. The van der Waals surface area contributed by atoms with E-state index >= 15 is 0 Å². The molecule has 20 heavy (non-hydrogen) atoms. The van der Waals surface area contributed by atoms with Crippen molar-refractivity contribution in [1.82, 2.24) is 0 Å². The minimum Gasteiger partial charge on any atom is -0.465 e. The Balaban J connectivity index is 3.29. The standard InChI is InChI=1S/C14H16N2O4/c1-4-12(18)13(15)9-5-10(14(19)20-3)7-11(6-9)16-8(2)17/h5-7,15H,4H2,1-3H3,(H,16,17). The topological polar surface area (TPSA) is 96.3 Å². The number of ether oxygens (including phenoxy) is 1. The molecule has 0 aromatic heterocycles. The summed E-state index contributed by atoms with van der Waals surface area (Å²) in [6, 6.07) is 4.30. The van der Waals surface area contributed by atoms with E-state index in [9.17, 15) is 14.4 Å². The molecular weight excluding hydrogens is 260 g/mol. The summed E-state index contributed by atoms with van der Waals surface area (Å²) in [7, 11) is 1.23. The number of carbonyl (C=O) groups is 3. The van der Waals surface area contributed by atoms with Gasteiger partial charge >= 0.3 is 5.97 Å². The molecule has 0 saturated heterocycles. The second kappa shape index (κ2) is 6.60. The quantitative estimate of drug-likeness (QED) is 0.632. The number of amides is 1. The third-order valence-electron chi connectivity index (χ3n) is 2.56. The normalized spacial score (nSPS) is 9.75. The van der Waals surface area contributed by atoms with Crippen LogP contribution in [0.3, 0.4) is 0 Å². The highest BCUT2D eigenvalue weighted by Gasteiger charge is 2.15. The summed E-state index contributed by atoms with van der Waals surface area (Å²) in [5, 5.41) is 10.3. The maximum absolute atomic E-state index is 11.6. The Morgan fingerprint density at radius 3 is 2.30 bits per heavy atom. The van der Waals surface area contributed by atoms with Gasteiger partial charge in [-0.05, 0) is 18.2 Å². The Bertz CT molecular complexity index is 579. The molecule has 0 bridgehead atoms. The monoisotopic (exact) mass is 276 g/mol. The number of hydrogen-bond acceptors (Lipinski definition) is 5. The molecule has 1 aromatic carbocycles. The predicted octanol–water partition coefficient (Wildman–Crippen LogP) is 1.78. The van der Waals surface area contributed by atoms with Gasteiger partial charge in [0, 0.05) is 24.6 Å². The van der Waals surface area contributed by atoms with Crippen LogP contribution in [0.1, 0.15) is 36.2 Å². The molecule has 0 aliphatic heterocycles. The van der Waals surface area contributed by atoms with Gasteiger partial charge in [-0.15, -0.1) is 0 Å². The van der Waals surface area contributed by atoms with Crippen LogP contribution in [0.25, 0.3) is 0 Å². The number of rotatable bonds is 5. The first-order valence-electron chi connectivity index (χ1n) is 6.02. The number of hydrogen-bond donors (Lipinski definition) is 2. The molecule has 0 atom stereocenters. The Labute approximate surface area is 116 Å². The van der Waals surface area contributed by atoms with E-state index in [1.807, 2.05) is 0 Å². The van der Waals surface area contributed by atoms with Gasteiger partial charge < -0.3 is 10.1 Å². The van der Waals surface area contributed by atoms with Gasteiger partial charge in [0.2, 0.25) is 5.91 Å². The molecule has 6 nitrogen and oxygen atoms in total. The van der Waals surface area contributed by atoms with E-state index in [2.05, 4.69) is 10.1 Å². The number of benzene rings is 1. The molecule has 0 saturated carbocycles. The van der Waals surface area contributed by atoms with Crippen molar-refractivity contribution in [3.05, 3.63) is 29.3 Å². The molecule has 6 heteroatoms. The zero-order valence-electron chi connectivity index (χ0n) is 11.6. The van der Waals surface area contributed by atoms with Crippen LogP contribution in [-0.2, 0) is 14.3 Å².